The van der Waals surface area contributed by atoms with Crippen LogP contribution in [0.15, 0.2) is 72.8 Å². The highest BCUT2D eigenvalue weighted by molar-refractivity contribution is 6.31. The van der Waals surface area contributed by atoms with E-state index in [1.165, 1.54) is 7.11 Å². The number of carbonyl (C=O) groups excluding carboxylic acids is 1. The van der Waals surface area contributed by atoms with Crippen LogP contribution in [-0.2, 0) is 4.79 Å². The molecule has 6 nitrogen and oxygen atoms in total. The Bertz CT molecular complexity index is 1260. The Morgan fingerprint density at radius 3 is 2.47 bits per heavy atom. The van der Waals surface area contributed by atoms with Crippen LogP contribution in [0.25, 0.3) is 22.2 Å². The first kappa shape index (κ1) is 21.5. The number of nitrogens with zero attached hydrogens (tertiary/aromatic N) is 1. The number of anilines is 1. The van der Waals surface area contributed by atoms with Gasteiger partial charge < -0.3 is 19.5 Å². The zero-order valence-corrected chi connectivity index (χ0v) is 18.3. The van der Waals surface area contributed by atoms with Crippen molar-refractivity contribution >= 4 is 34.1 Å². The lowest BCUT2D eigenvalue weighted by molar-refractivity contribution is -0.118. The minimum atomic E-state index is -0.336. The lowest BCUT2D eigenvalue weighted by atomic mass is 10.1. The summed E-state index contributed by atoms with van der Waals surface area (Å²) in [5.41, 5.74) is 2.90. The molecule has 0 radical (unpaired) electrons. The molecule has 0 saturated heterocycles. The van der Waals surface area contributed by atoms with Crippen LogP contribution in [0.1, 0.15) is 0 Å². The van der Waals surface area contributed by atoms with Crippen molar-refractivity contribution < 1.29 is 19.0 Å². The third-order valence-electron chi connectivity index (χ3n) is 4.86. The highest BCUT2D eigenvalue weighted by Gasteiger charge is 2.13. The van der Waals surface area contributed by atoms with Crippen molar-refractivity contribution in [2.45, 2.75) is 0 Å². The Labute approximate surface area is 190 Å². The zero-order chi connectivity index (χ0) is 22.5. The van der Waals surface area contributed by atoms with Crippen molar-refractivity contribution in [3.63, 3.8) is 0 Å². The summed E-state index contributed by atoms with van der Waals surface area (Å²) in [6.07, 6.45) is 0. The second-order valence-electron chi connectivity index (χ2n) is 6.93. The van der Waals surface area contributed by atoms with Crippen molar-refractivity contribution in [3.05, 3.63) is 77.8 Å². The largest absolute Gasteiger partial charge is 0.497 e. The van der Waals surface area contributed by atoms with Crippen LogP contribution in [0.4, 0.5) is 5.69 Å². The lowest BCUT2D eigenvalue weighted by Gasteiger charge is -2.13. The molecule has 0 atom stereocenters. The standard InChI is InChI=1S/C25H21ClN2O4/c1-30-18-10-7-16(8-11-18)21-14-24(19-5-3-4-6-20(19)27-21)32-15-25(29)28-22-13-17(26)9-12-23(22)31-2/h3-14H,15H2,1-2H3,(H,28,29). The van der Waals surface area contributed by atoms with Crippen LogP contribution < -0.4 is 19.5 Å². The molecule has 1 aromatic heterocycles. The van der Waals surface area contributed by atoms with Gasteiger partial charge in [0.25, 0.3) is 5.91 Å². The molecular weight excluding hydrogens is 428 g/mol. The fourth-order valence-corrected chi connectivity index (χ4v) is 3.45. The molecule has 1 amide bonds. The molecule has 3 aromatic carbocycles. The molecule has 4 rings (SSSR count). The third-order valence-corrected chi connectivity index (χ3v) is 5.09. The molecule has 0 spiro atoms. The van der Waals surface area contributed by atoms with Crippen molar-refractivity contribution in [1.82, 2.24) is 4.98 Å². The maximum absolute atomic E-state index is 12.6. The van der Waals surface area contributed by atoms with Crippen molar-refractivity contribution in [1.29, 1.82) is 0 Å². The van der Waals surface area contributed by atoms with E-state index in [1.807, 2.05) is 54.6 Å². The molecule has 0 bridgehead atoms. The van der Waals surface area contributed by atoms with Crippen LogP contribution >= 0.6 is 11.6 Å². The van der Waals surface area contributed by atoms with Gasteiger partial charge in [0.2, 0.25) is 0 Å². The molecule has 4 aromatic rings. The van der Waals surface area contributed by atoms with E-state index in [-0.39, 0.29) is 12.5 Å². The summed E-state index contributed by atoms with van der Waals surface area (Å²) in [4.78, 5) is 17.3. The molecule has 0 saturated carbocycles. The first-order valence-electron chi connectivity index (χ1n) is 9.88. The Morgan fingerprint density at radius 1 is 0.938 bits per heavy atom. The smallest absolute Gasteiger partial charge is 0.262 e. The second-order valence-corrected chi connectivity index (χ2v) is 7.37. The molecule has 32 heavy (non-hydrogen) atoms. The maximum Gasteiger partial charge on any atom is 0.262 e. The minimum Gasteiger partial charge on any atom is -0.497 e. The number of ether oxygens (including phenoxy) is 3. The number of pyridine rings is 1. The van der Waals surface area contributed by atoms with Gasteiger partial charge in [0, 0.05) is 22.0 Å². The number of benzene rings is 3. The predicted octanol–water partition coefficient (Wildman–Crippen LogP) is 5.59. The van der Waals surface area contributed by atoms with Crippen LogP contribution in [0.3, 0.4) is 0 Å². The van der Waals surface area contributed by atoms with Crippen molar-refractivity contribution in [3.8, 4) is 28.5 Å². The molecule has 7 heteroatoms. The molecule has 0 aliphatic carbocycles. The number of aromatic nitrogens is 1. The summed E-state index contributed by atoms with van der Waals surface area (Å²) in [5.74, 6) is 1.50. The highest BCUT2D eigenvalue weighted by atomic mass is 35.5. The molecule has 0 fully saturated rings. The highest BCUT2D eigenvalue weighted by Crippen LogP contribution is 2.31. The second kappa shape index (κ2) is 9.58. The van der Waals surface area contributed by atoms with Gasteiger partial charge >= 0.3 is 0 Å². The number of fused-ring (bicyclic) bond motifs is 1. The minimum absolute atomic E-state index is 0.189. The Hall–Kier alpha value is -3.77. The van der Waals surface area contributed by atoms with Crippen LogP contribution in [0.5, 0.6) is 17.2 Å². The molecule has 162 valence electrons. The molecule has 0 unspecified atom stereocenters. The van der Waals surface area contributed by atoms with Gasteiger partial charge in [0.1, 0.15) is 17.2 Å². The van der Waals surface area contributed by atoms with Crippen LogP contribution in [-0.4, -0.2) is 31.7 Å². The first-order valence-corrected chi connectivity index (χ1v) is 10.3. The number of amides is 1. The van der Waals surface area contributed by atoms with E-state index in [1.54, 1.807) is 25.3 Å². The van der Waals surface area contributed by atoms with Gasteiger partial charge in [-0.05, 0) is 54.6 Å². The average molecular weight is 449 g/mol. The van der Waals surface area contributed by atoms with Crippen LogP contribution in [0, 0.1) is 0 Å². The van der Waals surface area contributed by atoms with E-state index in [0.29, 0.717) is 22.2 Å². The number of rotatable bonds is 7. The van der Waals surface area contributed by atoms with E-state index >= 15 is 0 Å². The van der Waals surface area contributed by atoms with E-state index in [9.17, 15) is 4.79 Å². The molecule has 0 aliphatic rings. The molecule has 1 heterocycles. The summed E-state index contributed by atoms with van der Waals surface area (Å²) in [5, 5.41) is 4.09. The third kappa shape index (κ3) is 4.76. The van der Waals surface area contributed by atoms with Crippen molar-refractivity contribution in [2.75, 3.05) is 26.1 Å². The molecule has 0 aliphatic heterocycles. The van der Waals surface area contributed by atoms with E-state index in [2.05, 4.69) is 5.32 Å². The fraction of sp³-hybridized carbons (Fsp3) is 0.120. The number of halogens is 1. The average Bonchev–Trinajstić information content (AvgIpc) is 2.82. The summed E-state index contributed by atoms with van der Waals surface area (Å²) >= 11 is 6.04. The summed E-state index contributed by atoms with van der Waals surface area (Å²) in [6.45, 7) is -0.189. The van der Waals surface area contributed by atoms with Gasteiger partial charge in [-0.2, -0.15) is 0 Å². The summed E-state index contributed by atoms with van der Waals surface area (Å²) in [6, 6.07) is 22.1. The molecule has 1 N–H and O–H groups in total. The van der Waals surface area contributed by atoms with Gasteiger partial charge in [-0.3, -0.25) is 4.79 Å². The van der Waals surface area contributed by atoms with Gasteiger partial charge in [-0.15, -0.1) is 0 Å². The van der Waals surface area contributed by atoms with E-state index in [0.717, 1.165) is 27.9 Å². The summed E-state index contributed by atoms with van der Waals surface area (Å²) < 4.78 is 16.4. The SMILES string of the molecule is COc1ccc(-c2cc(OCC(=O)Nc3cc(Cl)ccc3OC)c3ccccc3n2)cc1. The van der Waals surface area contributed by atoms with Gasteiger partial charge in [-0.1, -0.05) is 23.7 Å². The zero-order valence-electron chi connectivity index (χ0n) is 17.6. The normalized spacial score (nSPS) is 10.6. The Morgan fingerprint density at radius 2 is 1.72 bits per heavy atom. The van der Waals surface area contributed by atoms with E-state index < -0.39 is 0 Å². The quantitative estimate of drug-likeness (QED) is 0.399. The number of hydrogen-bond acceptors (Lipinski definition) is 5. The van der Waals surface area contributed by atoms with Gasteiger partial charge in [0.05, 0.1) is 31.1 Å². The first-order chi connectivity index (χ1) is 15.6. The fourth-order valence-electron chi connectivity index (χ4n) is 3.28. The maximum atomic E-state index is 12.6. The number of hydrogen-bond donors (Lipinski definition) is 1. The van der Waals surface area contributed by atoms with Crippen molar-refractivity contribution in [2.24, 2.45) is 0 Å². The number of methoxy groups -OCH3 is 2. The van der Waals surface area contributed by atoms with Gasteiger partial charge in [0.15, 0.2) is 6.61 Å². The topological polar surface area (TPSA) is 69.7 Å². The monoisotopic (exact) mass is 448 g/mol. The summed E-state index contributed by atoms with van der Waals surface area (Å²) in [7, 11) is 3.15. The Balaban J connectivity index is 1.58. The van der Waals surface area contributed by atoms with E-state index in [4.69, 9.17) is 30.8 Å². The number of carbonyl (C=O) groups is 1. The lowest BCUT2D eigenvalue weighted by Crippen LogP contribution is -2.20. The van der Waals surface area contributed by atoms with Gasteiger partial charge in [-0.25, -0.2) is 4.98 Å². The molecular formula is C25H21ClN2O4. The number of nitrogens with one attached hydrogen (secondary N) is 1. The predicted molar refractivity (Wildman–Crippen MR) is 126 cm³/mol. The van der Waals surface area contributed by atoms with Crippen LogP contribution in [0.2, 0.25) is 5.02 Å². The number of para-hydroxylation sites is 1. The Kier molecular flexibility index (Phi) is 6.42.